The van der Waals surface area contributed by atoms with Crippen molar-refractivity contribution in [2.45, 2.75) is 252 Å². The van der Waals surface area contributed by atoms with Crippen LogP contribution in [-0.2, 0) is 76.0 Å². The Bertz CT molecular complexity index is 1330. The number of unbranched alkanes of at least 4 members (excludes halogenated alkanes) is 26. The first-order chi connectivity index (χ1) is 37.0. The van der Waals surface area contributed by atoms with Crippen LogP contribution in [0.15, 0.2) is 0 Å². The third kappa shape index (κ3) is 40.7. The quantitative estimate of drug-likeness (QED) is 0.0342. The number of esters is 4. The topological polar surface area (TPSA) is 199 Å². The number of ether oxygens (including phenoxy) is 12. The Kier molecular flexibility index (Phi) is 47.7. The van der Waals surface area contributed by atoms with Crippen molar-refractivity contribution in [1.82, 2.24) is 0 Å². The fraction of sp³-hybridized carbons (Fsp3) is 0.932. The van der Waals surface area contributed by atoms with E-state index >= 15 is 0 Å². The van der Waals surface area contributed by atoms with Crippen molar-refractivity contribution in [2.75, 3.05) is 99.1 Å². The minimum absolute atomic E-state index is 0.0275. The highest BCUT2D eigenvalue weighted by molar-refractivity contribution is 5.68. The maximum absolute atomic E-state index is 12.1. The maximum Gasteiger partial charge on any atom is 0.303 e. The second-order valence-electron chi connectivity index (χ2n) is 20.8. The largest absolute Gasteiger partial charge is 0.463 e. The van der Waals surface area contributed by atoms with Crippen LogP contribution in [0.5, 0.6) is 0 Å². The lowest BCUT2D eigenvalue weighted by Gasteiger charge is -2.44. The van der Waals surface area contributed by atoms with Gasteiger partial charge in [-0.05, 0) is 12.8 Å². The van der Waals surface area contributed by atoms with E-state index in [1.807, 2.05) is 0 Å². The molecule has 1 aliphatic heterocycles. The van der Waals surface area contributed by atoms with Crippen LogP contribution in [0.4, 0.5) is 0 Å². The maximum atomic E-state index is 12.1. The second-order valence-corrected chi connectivity index (χ2v) is 20.8. The Morgan fingerprint density at radius 3 is 1.09 bits per heavy atom. The summed E-state index contributed by atoms with van der Waals surface area (Å²) in [6, 6.07) is 0. The van der Waals surface area contributed by atoms with Crippen molar-refractivity contribution in [3.05, 3.63) is 0 Å². The van der Waals surface area contributed by atoms with Gasteiger partial charge in [0, 0.05) is 40.9 Å². The Labute approximate surface area is 460 Å². The summed E-state index contributed by atoms with van der Waals surface area (Å²) in [6.07, 6.45) is 30.2. The lowest BCUT2D eigenvalue weighted by atomic mass is 9.92. The number of hydrogen-bond donors (Lipinski definition) is 1. The molecule has 0 bridgehead atoms. The van der Waals surface area contributed by atoms with Crippen LogP contribution in [0.2, 0.25) is 0 Å². The summed E-state index contributed by atoms with van der Waals surface area (Å²) in [5.41, 5.74) is -0.555. The summed E-state index contributed by atoms with van der Waals surface area (Å²) in [5.74, 6) is -2.78. The molecule has 0 radical (unpaired) electrons. The molecule has 1 fully saturated rings. The molecule has 17 nitrogen and oxygen atoms in total. The molecule has 1 aliphatic rings. The molecule has 1 heterocycles. The molecule has 5 atom stereocenters. The van der Waals surface area contributed by atoms with Crippen molar-refractivity contribution in [1.29, 1.82) is 0 Å². The van der Waals surface area contributed by atoms with E-state index in [-0.39, 0.29) is 46.2 Å². The van der Waals surface area contributed by atoms with Gasteiger partial charge in [0.25, 0.3) is 0 Å². The monoisotopic (exact) mass is 1090 g/mol. The molecule has 17 heteroatoms. The number of carbonyl (C=O) groups is 4. The predicted octanol–water partition coefficient (Wildman–Crippen LogP) is 11.1. The fourth-order valence-electron chi connectivity index (χ4n) is 9.25. The van der Waals surface area contributed by atoms with Crippen molar-refractivity contribution in [2.24, 2.45) is 5.41 Å². The van der Waals surface area contributed by atoms with Gasteiger partial charge in [-0.3, -0.25) is 19.2 Å². The van der Waals surface area contributed by atoms with E-state index in [0.717, 1.165) is 39.5 Å². The van der Waals surface area contributed by atoms with Gasteiger partial charge in [0.1, 0.15) is 12.7 Å². The third-order valence-corrected chi connectivity index (χ3v) is 13.4. The molecule has 0 aromatic heterocycles. The van der Waals surface area contributed by atoms with Crippen LogP contribution in [0.25, 0.3) is 0 Å². The molecule has 0 aromatic carbocycles. The van der Waals surface area contributed by atoms with E-state index in [2.05, 4.69) is 13.8 Å². The molecule has 448 valence electrons. The molecular formula is C59H110O17. The number of aliphatic hydroxyl groups is 1. The highest BCUT2D eigenvalue weighted by atomic mass is 16.7. The predicted molar refractivity (Wildman–Crippen MR) is 293 cm³/mol. The molecule has 0 unspecified atom stereocenters. The number of rotatable bonds is 55. The van der Waals surface area contributed by atoms with Crippen LogP contribution < -0.4 is 0 Å². The van der Waals surface area contributed by atoms with Gasteiger partial charge in [0.15, 0.2) is 24.6 Å². The van der Waals surface area contributed by atoms with Gasteiger partial charge in [-0.1, -0.05) is 181 Å². The van der Waals surface area contributed by atoms with Crippen LogP contribution in [-0.4, -0.2) is 159 Å². The molecule has 76 heavy (non-hydrogen) atoms. The average Bonchev–Trinajstić information content (AvgIpc) is 3.38. The summed E-state index contributed by atoms with van der Waals surface area (Å²) in [5, 5.41) is 9.57. The van der Waals surface area contributed by atoms with Gasteiger partial charge in [0.2, 0.25) is 0 Å². The smallest absolute Gasteiger partial charge is 0.303 e. The van der Waals surface area contributed by atoms with Crippen molar-refractivity contribution in [3.8, 4) is 0 Å². The van der Waals surface area contributed by atoms with Gasteiger partial charge in [-0.2, -0.15) is 0 Å². The zero-order chi connectivity index (χ0) is 55.6. The van der Waals surface area contributed by atoms with Gasteiger partial charge < -0.3 is 61.9 Å². The molecule has 1 rings (SSSR count). The summed E-state index contributed by atoms with van der Waals surface area (Å²) < 4.78 is 69.7. The van der Waals surface area contributed by atoms with Gasteiger partial charge >= 0.3 is 23.9 Å². The normalized spacial score (nSPS) is 17.7. The summed E-state index contributed by atoms with van der Waals surface area (Å²) in [7, 11) is 0. The molecule has 0 spiro atoms. The molecule has 0 amide bonds. The summed E-state index contributed by atoms with van der Waals surface area (Å²) in [6.45, 7) is 13.1. The molecule has 1 N–H and O–H groups in total. The minimum Gasteiger partial charge on any atom is -0.463 e. The molecule has 0 saturated carbocycles. The zero-order valence-corrected chi connectivity index (χ0v) is 48.8. The second kappa shape index (κ2) is 50.7. The summed E-state index contributed by atoms with van der Waals surface area (Å²) >= 11 is 0. The molecule has 1 saturated heterocycles. The van der Waals surface area contributed by atoms with Gasteiger partial charge in [0.05, 0.1) is 84.7 Å². The Balaban J connectivity index is 2.64. The van der Waals surface area contributed by atoms with Crippen LogP contribution in [0.1, 0.15) is 221 Å². The first kappa shape index (κ1) is 71.5. The molecule has 0 aromatic rings. The van der Waals surface area contributed by atoms with Gasteiger partial charge in [-0.15, -0.1) is 0 Å². The number of carbonyl (C=O) groups excluding carboxylic acids is 4. The highest BCUT2D eigenvalue weighted by Gasteiger charge is 2.52. The number of hydrogen-bond acceptors (Lipinski definition) is 17. The number of aliphatic hydroxyl groups excluding tert-OH is 1. The van der Waals surface area contributed by atoms with E-state index in [1.165, 1.54) is 168 Å². The van der Waals surface area contributed by atoms with Crippen molar-refractivity contribution in [3.63, 3.8) is 0 Å². The van der Waals surface area contributed by atoms with E-state index in [9.17, 15) is 24.3 Å². The highest BCUT2D eigenvalue weighted by Crippen LogP contribution is 2.30. The van der Waals surface area contributed by atoms with E-state index in [1.54, 1.807) is 0 Å². The summed E-state index contributed by atoms with van der Waals surface area (Å²) in [4.78, 5) is 47.9. The lowest BCUT2D eigenvalue weighted by molar-refractivity contribution is -0.309. The first-order valence-electron chi connectivity index (χ1n) is 30.0. The fourth-order valence-corrected chi connectivity index (χ4v) is 9.25. The SMILES string of the molecule is CCCCCCCCCCCCCCCCOCC(COCCO)(COCCCCCCCCCCCCCCCC)COCCOCCOCCO[C@H]1O[C@H](COC(C)=O)[C@@H](OC(C)=O)[C@H](OC(C)=O)[C@@H]1OC(C)=O. The van der Waals surface area contributed by atoms with Crippen LogP contribution >= 0.6 is 0 Å². The minimum atomic E-state index is -1.32. The zero-order valence-electron chi connectivity index (χ0n) is 48.8. The van der Waals surface area contributed by atoms with E-state index in [0.29, 0.717) is 52.9 Å². The average molecular weight is 1090 g/mol. The lowest BCUT2D eigenvalue weighted by Crippen LogP contribution is -2.63. The third-order valence-electron chi connectivity index (χ3n) is 13.4. The molecular weight excluding hydrogens is 981 g/mol. The van der Waals surface area contributed by atoms with Crippen molar-refractivity contribution < 1.29 is 81.1 Å². The van der Waals surface area contributed by atoms with Crippen LogP contribution in [0, 0.1) is 5.41 Å². The molecule has 0 aliphatic carbocycles. The van der Waals surface area contributed by atoms with Crippen molar-refractivity contribution >= 4 is 23.9 Å². The Morgan fingerprint density at radius 2 is 0.711 bits per heavy atom. The van der Waals surface area contributed by atoms with E-state index < -0.39 is 60.0 Å². The first-order valence-corrected chi connectivity index (χ1v) is 30.0. The Hall–Kier alpha value is -2.48. The van der Waals surface area contributed by atoms with E-state index in [4.69, 9.17) is 56.8 Å². The van der Waals surface area contributed by atoms with Crippen LogP contribution in [0.3, 0.4) is 0 Å². The van der Waals surface area contributed by atoms with Gasteiger partial charge in [-0.25, -0.2) is 0 Å². The standard InChI is InChI=1S/C59H110O17/c1-7-9-11-13-15-17-19-21-23-25-27-29-31-33-36-67-46-59(48-69-38-35-60,47-68-37-34-32-30-28-26-24-22-20-18-16-14-12-10-8-2)49-70-42-41-65-39-40-66-43-44-71-58-57(75-53(6)64)56(74-52(5)63)55(73-51(4)62)54(76-58)45-72-50(3)61/h54-58,60H,7-49H2,1-6H3/t54-,55-,56+,57+,58+/m1/s1. The Morgan fingerprint density at radius 1 is 0.382 bits per heavy atom.